The van der Waals surface area contributed by atoms with Crippen molar-refractivity contribution in [3.63, 3.8) is 0 Å². The molecular formula is C22H23ClN4O3. The third kappa shape index (κ3) is 4.26. The summed E-state index contributed by atoms with van der Waals surface area (Å²) in [4.78, 5) is 39.4. The van der Waals surface area contributed by atoms with Gasteiger partial charge in [0.2, 0.25) is 11.8 Å². The van der Waals surface area contributed by atoms with E-state index in [1.165, 1.54) is 0 Å². The quantitative estimate of drug-likeness (QED) is 0.701. The van der Waals surface area contributed by atoms with Crippen LogP contribution in [-0.4, -0.2) is 47.4 Å². The van der Waals surface area contributed by atoms with E-state index >= 15 is 0 Å². The summed E-state index contributed by atoms with van der Waals surface area (Å²) in [6, 6.07) is 13.0. The number of nitrogens with zero attached hydrogens (tertiary/aromatic N) is 1. The third-order valence-corrected chi connectivity index (χ3v) is 5.96. The number of carbonyl (C=O) groups excluding carboxylic acids is 3. The molecule has 2 heterocycles. The van der Waals surface area contributed by atoms with Crippen molar-refractivity contribution in [3.05, 3.63) is 64.7 Å². The molecule has 4 amide bonds. The number of carbonyl (C=O) groups is 3. The molecule has 2 aliphatic heterocycles. The van der Waals surface area contributed by atoms with Crippen LogP contribution in [0.4, 0.5) is 10.5 Å². The van der Waals surface area contributed by atoms with Gasteiger partial charge in [-0.05, 0) is 36.6 Å². The molecule has 7 nitrogen and oxygen atoms in total. The lowest BCUT2D eigenvalue weighted by Gasteiger charge is -2.34. The van der Waals surface area contributed by atoms with Crippen LogP contribution >= 0.6 is 11.6 Å². The summed E-state index contributed by atoms with van der Waals surface area (Å²) in [5, 5.41) is 9.01. The molecule has 2 saturated heterocycles. The van der Waals surface area contributed by atoms with Crippen molar-refractivity contribution in [1.29, 1.82) is 0 Å². The minimum atomic E-state index is -0.585. The molecular weight excluding hydrogens is 404 g/mol. The van der Waals surface area contributed by atoms with E-state index in [-0.39, 0.29) is 17.9 Å². The fraction of sp³-hybridized carbons (Fsp3) is 0.318. The molecule has 156 valence electrons. The van der Waals surface area contributed by atoms with Gasteiger partial charge in [0.05, 0.1) is 6.04 Å². The number of piperazine rings is 1. The first-order valence-corrected chi connectivity index (χ1v) is 10.3. The molecule has 30 heavy (non-hydrogen) atoms. The Morgan fingerprint density at radius 2 is 1.97 bits per heavy atom. The Morgan fingerprint density at radius 3 is 2.70 bits per heavy atom. The lowest BCUT2D eigenvalue weighted by atomic mass is 10.0. The summed E-state index contributed by atoms with van der Waals surface area (Å²) >= 11 is 6.09. The first kappa shape index (κ1) is 20.2. The largest absolute Gasteiger partial charge is 0.342 e. The fourth-order valence-electron chi connectivity index (χ4n) is 3.97. The summed E-state index contributed by atoms with van der Waals surface area (Å²) in [5.74, 6) is -0.288. The molecule has 2 aliphatic rings. The summed E-state index contributed by atoms with van der Waals surface area (Å²) in [6.45, 7) is 2.19. The number of anilines is 1. The zero-order chi connectivity index (χ0) is 21.3. The average molecular weight is 427 g/mol. The molecule has 0 radical (unpaired) electrons. The Bertz CT molecular complexity index is 982. The van der Waals surface area contributed by atoms with Crippen LogP contribution < -0.4 is 16.0 Å². The summed E-state index contributed by atoms with van der Waals surface area (Å²) in [7, 11) is 0. The van der Waals surface area contributed by atoms with Gasteiger partial charge in [-0.3, -0.25) is 9.59 Å². The molecule has 0 aliphatic carbocycles. The van der Waals surface area contributed by atoms with Crippen molar-refractivity contribution in [2.45, 2.75) is 37.9 Å². The average Bonchev–Trinajstić information content (AvgIpc) is 3.14. The molecule has 4 rings (SSSR count). The van der Waals surface area contributed by atoms with Gasteiger partial charge in [-0.2, -0.15) is 0 Å². The summed E-state index contributed by atoms with van der Waals surface area (Å²) < 4.78 is 0. The normalized spacial score (nSPS) is 23.0. The van der Waals surface area contributed by atoms with Crippen molar-refractivity contribution in [3.8, 4) is 0 Å². The smallest absolute Gasteiger partial charge is 0.319 e. The second kappa shape index (κ2) is 8.36. The number of nitrogens with one attached hydrogen (secondary N) is 3. The molecule has 0 bridgehead atoms. The molecule has 3 atom stereocenters. The lowest BCUT2D eigenvalue weighted by molar-refractivity contribution is -0.147. The van der Waals surface area contributed by atoms with Gasteiger partial charge in [0, 0.05) is 23.7 Å². The van der Waals surface area contributed by atoms with Gasteiger partial charge < -0.3 is 20.9 Å². The molecule has 0 spiro atoms. The Morgan fingerprint density at radius 1 is 1.20 bits per heavy atom. The van der Waals surface area contributed by atoms with Gasteiger partial charge in [-0.15, -0.1) is 0 Å². The van der Waals surface area contributed by atoms with Gasteiger partial charge in [-0.1, -0.05) is 48.0 Å². The highest BCUT2D eigenvalue weighted by Gasteiger charge is 2.46. The van der Waals surface area contributed by atoms with Crippen LogP contribution in [0.15, 0.2) is 48.5 Å². The Balaban J connectivity index is 1.37. The maximum atomic E-state index is 12.9. The Hall–Kier alpha value is -3.06. The van der Waals surface area contributed by atoms with E-state index in [0.717, 1.165) is 11.1 Å². The van der Waals surface area contributed by atoms with Gasteiger partial charge >= 0.3 is 6.03 Å². The van der Waals surface area contributed by atoms with Crippen LogP contribution in [0.5, 0.6) is 0 Å². The second-order valence-electron chi connectivity index (χ2n) is 7.75. The number of urea groups is 1. The highest BCUT2D eigenvalue weighted by molar-refractivity contribution is 6.31. The predicted molar refractivity (Wildman–Crippen MR) is 114 cm³/mol. The molecule has 2 aromatic carbocycles. The summed E-state index contributed by atoms with van der Waals surface area (Å²) in [6.07, 6.45) is 0.832. The van der Waals surface area contributed by atoms with Gasteiger partial charge in [0.1, 0.15) is 12.1 Å². The van der Waals surface area contributed by atoms with E-state index in [0.29, 0.717) is 30.1 Å². The minimum Gasteiger partial charge on any atom is -0.342 e. The van der Waals surface area contributed by atoms with Gasteiger partial charge in [0.25, 0.3) is 0 Å². The van der Waals surface area contributed by atoms with E-state index in [1.807, 2.05) is 43.3 Å². The van der Waals surface area contributed by atoms with Crippen LogP contribution in [-0.2, 0) is 16.0 Å². The van der Waals surface area contributed by atoms with E-state index < -0.39 is 18.1 Å². The first-order valence-electron chi connectivity index (χ1n) is 9.89. The number of halogens is 1. The van der Waals surface area contributed by atoms with Crippen LogP contribution in [0.3, 0.4) is 0 Å². The monoisotopic (exact) mass is 426 g/mol. The standard InChI is InChI=1S/C22H23ClN4O3/c1-13-7-8-15(10-17(13)23)24-22(30)25-16-11-19-20(28)26-18(21(29)27(19)12-16)9-14-5-3-2-4-6-14/h2-8,10,16,18-19H,9,11-12H2,1H3,(H,26,28)(H2,24,25,30)/t16-,18+,19-/m0/s1. The van der Waals surface area contributed by atoms with Crippen LogP contribution in [0.2, 0.25) is 5.02 Å². The Labute approximate surface area is 179 Å². The van der Waals surface area contributed by atoms with Crippen molar-refractivity contribution in [1.82, 2.24) is 15.5 Å². The Kier molecular flexibility index (Phi) is 5.63. The van der Waals surface area contributed by atoms with Crippen molar-refractivity contribution < 1.29 is 14.4 Å². The van der Waals surface area contributed by atoms with Crippen LogP contribution in [0.1, 0.15) is 17.5 Å². The number of hydrogen-bond donors (Lipinski definition) is 3. The van der Waals surface area contributed by atoms with Crippen LogP contribution in [0, 0.1) is 6.92 Å². The molecule has 0 unspecified atom stereocenters. The van der Waals surface area contributed by atoms with E-state index in [4.69, 9.17) is 11.6 Å². The number of hydrogen-bond acceptors (Lipinski definition) is 3. The number of rotatable bonds is 4. The molecule has 3 N–H and O–H groups in total. The minimum absolute atomic E-state index is 0.113. The van der Waals surface area contributed by atoms with E-state index in [9.17, 15) is 14.4 Å². The highest BCUT2D eigenvalue weighted by atomic mass is 35.5. The summed E-state index contributed by atoms with van der Waals surface area (Å²) in [5.41, 5.74) is 2.49. The number of aryl methyl sites for hydroxylation is 1. The predicted octanol–water partition coefficient (Wildman–Crippen LogP) is 2.48. The maximum Gasteiger partial charge on any atom is 0.319 e. The van der Waals surface area contributed by atoms with E-state index in [2.05, 4.69) is 16.0 Å². The van der Waals surface area contributed by atoms with Crippen molar-refractivity contribution >= 4 is 35.1 Å². The SMILES string of the molecule is Cc1ccc(NC(=O)N[C@H]2C[C@H]3C(=O)N[C@H](Cc4ccccc4)C(=O)N3C2)cc1Cl. The van der Waals surface area contributed by atoms with Gasteiger partial charge in [-0.25, -0.2) is 4.79 Å². The second-order valence-corrected chi connectivity index (χ2v) is 8.16. The molecule has 0 saturated carbocycles. The molecule has 8 heteroatoms. The number of fused-ring (bicyclic) bond motifs is 1. The zero-order valence-corrected chi connectivity index (χ0v) is 17.3. The van der Waals surface area contributed by atoms with E-state index in [1.54, 1.807) is 17.0 Å². The number of amides is 4. The topological polar surface area (TPSA) is 90.5 Å². The van der Waals surface area contributed by atoms with Crippen LogP contribution in [0.25, 0.3) is 0 Å². The molecule has 0 aromatic heterocycles. The van der Waals surface area contributed by atoms with Gasteiger partial charge in [0.15, 0.2) is 0 Å². The zero-order valence-electron chi connectivity index (χ0n) is 16.5. The first-order chi connectivity index (χ1) is 14.4. The number of benzene rings is 2. The maximum absolute atomic E-state index is 12.9. The van der Waals surface area contributed by atoms with Crippen molar-refractivity contribution in [2.75, 3.05) is 11.9 Å². The van der Waals surface area contributed by atoms with Crippen molar-refractivity contribution in [2.24, 2.45) is 0 Å². The molecule has 2 fully saturated rings. The molecule has 2 aromatic rings. The third-order valence-electron chi connectivity index (χ3n) is 5.55. The highest BCUT2D eigenvalue weighted by Crippen LogP contribution is 2.24. The lowest BCUT2D eigenvalue weighted by Crippen LogP contribution is -2.61. The fourth-order valence-corrected chi connectivity index (χ4v) is 4.15.